The van der Waals surface area contributed by atoms with Gasteiger partial charge in [-0.05, 0) is 13.8 Å². The van der Waals surface area contributed by atoms with Crippen LogP contribution in [0.4, 0.5) is 5.69 Å². The van der Waals surface area contributed by atoms with Crippen molar-refractivity contribution < 1.29 is 28.8 Å². The van der Waals surface area contributed by atoms with Gasteiger partial charge in [0.05, 0.1) is 32.1 Å². The third-order valence-electron chi connectivity index (χ3n) is 3.50. The molecule has 0 spiro atoms. The lowest BCUT2D eigenvalue weighted by molar-refractivity contribution is -0.386. The number of methoxy groups -OCH3 is 2. The van der Waals surface area contributed by atoms with E-state index in [1.165, 1.54) is 18.5 Å². The van der Waals surface area contributed by atoms with Gasteiger partial charge in [0.1, 0.15) is 17.4 Å². The smallest absolute Gasteiger partial charge is 0.328 e. The Morgan fingerprint density at radius 3 is 2.40 bits per heavy atom. The average molecular weight is 356 g/mol. The number of amides is 1. The molecule has 1 heterocycles. The first-order valence-electron chi connectivity index (χ1n) is 7.33. The zero-order chi connectivity index (χ0) is 19.1. The predicted octanol–water partition coefficient (Wildman–Crippen LogP) is 0.0191. The Balaban J connectivity index is 2.72. The third kappa shape index (κ3) is 5.26. The van der Waals surface area contributed by atoms with E-state index in [9.17, 15) is 24.5 Å². The molecule has 0 aliphatic heterocycles. The van der Waals surface area contributed by atoms with Crippen LogP contribution >= 0.6 is 0 Å². The Morgan fingerprint density at radius 1 is 1.28 bits per heavy atom. The Labute approximate surface area is 143 Å². The molecular formula is C14H20N4O7. The fourth-order valence-corrected chi connectivity index (χ4v) is 2.23. The summed E-state index contributed by atoms with van der Waals surface area (Å²) in [5, 5.41) is 17.4. The minimum absolute atomic E-state index is 0.0818. The second-order valence-corrected chi connectivity index (χ2v) is 5.17. The molecule has 1 atom stereocenters. The van der Waals surface area contributed by atoms with E-state index in [-0.39, 0.29) is 30.8 Å². The van der Waals surface area contributed by atoms with Gasteiger partial charge in [0.2, 0.25) is 5.91 Å². The van der Waals surface area contributed by atoms with Crippen molar-refractivity contribution in [3.05, 3.63) is 21.5 Å². The number of rotatable bonds is 8. The quantitative estimate of drug-likeness (QED) is 0.390. The van der Waals surface area contributed by atoms with Crippen molar-refractivity contribution in [2.24, 2.45) is 0 Å². The molecule has 11 nitrogen and oxygen atoms in total. The lowest BCUT2D eigenvalue weighted by atomic mass is 10.2. The van der Waals surface area contributed by atoms with E-state index in [0.29, 0.717) is 5.69 Å². The molecule has 1 rings (SSSR count). The summed E-state index contributed by atoms with van der Waals surface area (Å²) in [6, 6.07) is -1.17. The SMILES string of the molecule is COC(=O)C[C@@H](NC(=O)CCn1nc(C)c([N+](=O)[O-])c1C)C(=O)OC. The largest absolute Gasteiger partial charge is 0.469 e. The van der Waals surface area contributed by atoms with Crippen LogP contribution in [-0.2, 0) is 30.4 Å². The molecule has 1 aromatic heterocycles. The molecule has 0 unspecified atom stereocenters. The molecule has 1 amide bonds. The van der Waals surface area contributed by atoms with Crippen molar-refractivity contribution in [2.75, 3.05) is 14.2 Å². The lowest BCUT2D eigenvalue weighted by Gasteiger charge is -2.15. The van der Waals surface area contributed by atoms with Crippen LogP contribution in [0.3, 0.4) is 0 Å². The highest BCUT2D eigenvalue weighted by Crippen LogP contribution is 2.21. The van der Waals surface area contributed by atoms with Gasteiger partial charge in [-0.1, -0.05) is 0 Å². The highest BCUT2D eigenvalue weighted by molar-refractivity contribution is 5.87. The number of aryl methyl sites for hydroxylation is 2. The van der Waals surface area contributed by atoms with E-state index in [4.69, 9.17) is 0 Å². The van der Waals surface area contributed by atoms with Crippen LogP contribution in [0.25, 0.3) is 0 Å². The molecule has 1 aromatic rings. The molecular weight excluding hydrogens is 336 g/mol. The molecule has 1 N–H and O–H groups in total. The number of nitro groups is 1. The van der Waals surface area contributed by atoms with Crippen LogP contribution in [0.15, 0.2) is 0 Å². The molecule has 0 aliphatic carbocycles. The summed E-state index contributed by atoms with van der Waals surface area (Å²) in [5.41, 5.74) is 0.481. The molecule has 11 heteroatoms. The number of carbonyl (C=O) groups excluding carboxylic acids is 3. The number of esters is 2. The molecule has 138 valence electrons. The van der Waals surface area contributed by atoms with Gasteiger partial charge in [-0.25, -0.2) is 4.79 Å². The molecule has 25 heavy (non-hydrogen) atoms. The second-order valence-electron chi connectivity index (χ2n) is 5.17. The number of hydrogen-bond acceptors (Lipinski definition) is 8. The third-order valence-corrected chi connectivity index (χ3v) is 3.50. The Hall–Kier alpha value is -2.98. The van der Waals surface area contributed by atoms with Gasteiger partial charge >= 0.3 is 17.6 Å². The maximum absolute atomic E-state index is 12.0. The second kappa shape index (κ2) is 8.76. The maximum Gasteiger partial charge on any atom is 0.328 e. The number of nitrogens with zero attached hydrogens (tertiary/aromatic N) is 3. The highest BCUT2D eigenvalue weighted by Gasteiger charge is 2.26. The van der Waals surface area contributed by atoms with Gasteiger partial charge in [-0.2, -0.15) is 5.10 Å². The van der Waals surface area contributed by atoms with Crippen molar-refractivity contribution >= 4 is 23.5 Å². The van der Waals surface area contributed by atoms with E-state index in [0.717, 1.165) is 14.2 Å². The normalized spacial score (nSPS) is 11.5. The first-order chi connectivity index (χ1) is 11.7. The fourth-order valence-electron chi connectivity index (χ4n) is 2.23. The van der Waals surface area contributed by atoms with E-state index in [1.807, 2.05) is 0 Å². The average Bonchev–Trinajstić information content (AvgIpc) is 2.85. The Morgan fingerprint density at radius 2 is 1.92 bits per heavy atom. The van der Waals surface area contributed by atoms with Crippen molar-refractivity contribution in [1.29, 1.82) is 0 Å². The monoisotopic (exact) mass is 356 g/mol. The van der Waals surface area contributed by atoms with E-state index in [2.05, 4.69) is 19.9 Å². The predicted molar refractivity (Wildman–Crippen MR) is 83.6 cm³/mol. The number of carbonyl (C=O) groups is 3. The summed E-state index contributed by atoms with van der Waals surface area (Å²) in [4.78, 5) is 45.3. The maximum atomic E-state index is 12.0. The van der Waals surface area contributed by atoms with Crippen molar-refractivity contribution in [1.82, 2.24) is 15.1 Å². The molecule has 0 aliphatic rings. The fraction of sp³-hybridized carbons (Fsp3) is 0.571. The molecule has 0 radical (unpaired) electrons. The zero-order valence-electron chi connectivity index (χ0n) is 14.4. The number of nitrogens with one attached hydrogen (secondary N) is 1. The van der Waals surface area contributed by atoms with Gasteiger partial charge in [0.15, 0.2) is 0 Å². The van der Waals surface area contributed by atoms with Crippen LogP contribution in [-0.4, -0.2) is 52.8 Å². The van der Waals surface area contributed by atoms with Crippen molar-refractivity contribution in [3.63, 3.8) is 0 Å². The van der Waals surface area contributed by atoms with Gasteiger partial charge in [-0.3, -0.25) is 24.4 Å². The summed E-state index contributed by atoms with van der Waals surface area (Å²) in [7, 11) is 2.29. The van der Waals surface area contributed by atoms with Crippen molar-refractivity contribution in [2.45, 2.75) is 39.3 Å². The van der Waals surface area contributed by atoms with Crippen LogP contribution in [0.2, 0.25) is 0 Å². The summed E-state index contributed by atoms with van der Waals surface area (Å²) < 4.78 is 10.3. The van der Waals surface area contributed by atoms with Gasteiger partial charge < -0.3 is 14.8 Å². The lowest BCUT2D eigenvalue weighted by Crippen LogP contribution is -2.43. The molecule has 0 fully saturated rings. The van der Waals surface area contributed by atoms with E-state index >= 15 is 0 Å². The Kier molecular flexibility index (Phi) is 7.03. The standard InChI is InChI=1S/C14H20N4O7/c1-8-13(18(22)23)9(2)17(16-8)6-5-11(19)15-10(14(21)25-4)7-12(20)24-3/h10H,5-7H2,1-4H3,(H,15,19)/t10-/m1/s1. The highest BCUT2D eigenvalue weighted by atomic mass is 16.6. The van der Waals surface area contributed by atoms with Crippen LogP contribution in [0, 0.1) is 24.0 Å². The van der Waals surface area contributed by atoms with E-state index in [1.54, 1.807) is 0 Å². The molecule has 0 aromatic carbocycles. The number of aromatic nitrogens is 2. The summed E-state index contributed by atoms with van der Waals surface area (Å²) in [6.07, 6.45) is -0.450. The number of hydrogen-bond donors (Lipinski definition) is 1. The minimum Gasteiger partial charge on any atom is -0.469 e. The molecule has 0 saturated heterocycles. The zero-order valence-corrected chi connectivity index (χ0v) is 14.4. The summed E-state index contributed by atoms with van der Waals surface area (Å²) in [5.74, 6) is -1.99. The summed E-state index contributed by atoms with van der Waals surface area (Å²) >= 11 is 0. The minimum atomic E-state index is -1.17. The molecule has 0 bridgehead atoms. The Bertz CT molecular complexity index is 683. The molecule has 0 saturated carbocycles. The number of ether oxygens (including phenoxy) is 2. The van der Waals surface area contributed by atoms with E-state index < -0.39 is 28.8 Å². The van der Waals surface area contributed by atoms with Gasteiger partial charge in [-0.15, -0.1) is 0 Å². The van der Waals surface area contributed by atoms with Crippen LogP contribution in [0.1, 0.15) is 24.2 Å². The van der Waals surface area contributed by atoms with Gasteiger partial charge in [0.25, 0.3) is 0 Å². The van der Waals surface area contributed by atoms with Crippen LogP contribution < -0.4 is 5.32 Å². The van der Waals surface area contributed by atoms with Crippen LogP contribution in [0.5, 0.6) is 0 Å². The van der Waals surface area contributed by atoms with Gasteiger partial charge in [0, 0.05) is 6.42 Å². The first kappa shape index (κ1) is 20.1. The first-order valence-corrected chi connectivity index (χ1v) is 7.33. The van der Waals surface area contributed by atoms with Crippen molar-refractivity contribution in [3.8, 4) is 0 Å². The topological polar surface area (TPSA) is 143 Å². The summed E-state index contributed by atoms with van der Waals surface area (Å²) in [6.45, 7) is 3.12.